The second-order valence-corrected chi connectivity index (χ2v) is 15.0. The molecule has 1 aliphatic heterocycles. The number of para-hydroxylation sites is 1. The Kier molecular flexibility index (Phi) is 7.82. The highest BCUT2D eigenvalue weighted by Gasteiger charge is 2.45. The van der Waals surface area contributed by atoms with E-state index in [4.69, 9.17) is 4.99 Å². The van der Waals surface area contributed by atoms with Crippen molar-refractivity contribution in [1.82, 2.24) is 0 Å². The van der Waals surface area contributed by atoms with Gasteiger partial charge in [-0.3, -0.25) is 4.99 Å². The van der Waals surface area contributed by atoms with E-state index >= 15 is 0 Å². The van der Waals surface area contributed by atoms with Gasteiger partial charge in [-0.2, -0.15) is 0 Å². The van der Waals surface area contributed by atoms with E-state index < -0.39 is 5.41 Å². The molecule has 1 heterocycles. The summed E-state index contributed by atoms with van der Waals surface area (Å²) in [6.45, 7) is 0. The number of hydrogen-bond acceptors (Lipinski definition) is 2. The van der Waals surface area contributed by atoms with E-state index in [1.54, 1.807) is 0 Å². The predicted molar refractivity (Wildman–Crippen MR) is 237 cm³/mol. The zero-order chi connectivity index (χ0) is 37.8. The Balaban J connectivity index is 1.25. The highest BCUT2D eigenvalue weighted by Crippen LogP contribution is 2.57. The smallest absolute Gasteiger partial charge is 0.145 e. The molecule has 0 saturated heterocycles. The average molecular weight is 727 g/mol. The van der Waals surface area contributed by atoms with Crippen molar-refractivity contribution >= 4 is 22.2 Å². The minimum Gasteiger partial charge on any atom is -0.359 e. The third-order valence-electron chi connectivity index (χ3n) is 12.0. The molecule has 0 aromatic heterocycles. The quantitative estimate of drug-likeness (QED) is 0.188. The summed E-state index contributed by atoms with van der Waals surface area (Å²) in [5.41, 5.74) is 16.8. The van der Waals surface area contributed by atoms with Crippen molar-refractivity contribution in [2.24, 2.45) is 4.99 Å². The van der Waals surface area contributed by atoms with Crippen LogP contribution in [0.1, 0.15) is 45.1 Å². The molecular formula is C55H38N2. The van der Waals surface area contributed by atoms with Crippen molar-refractivity contribution in [3.05, 3.63) is 257 Å². The zero-order valence-corrected chi connectivity index (χ0v) is 31.3. The normalized spacial score (nSPS) is 16.6. The lowest BCUT2D eigenvalue weighted by atomic mass is 9.59. The van der Waals surface area contributed by atoms with Gasteiger partial charge < -0.3 is 5.32 Å². The van der Waals surface area contributed by atoms with Crippen LogP contribution in [0.3, 0.4) is 0 Å². The number of nitrogens with one attached hydrogen (secondary N) is 1. The molecule has 1 N–H and O–H groups in total. The van der Waals surface area contributed by atoms with Crippen molar-refractivity contribution in [1.29, 1.82) is 0 Å². The summed E-state index contributed by atoms with van der Waals surface area (Å²) in [5.74, 6) is 0. The van der Waals surface area contributed by atoms with E-state index in [1.165, 1.54) is 66.4 Å². The number of benzene rings is 9. The molecule has 0 radical (unpaired) electrons. The van der Waals surface area contributed by atoms with Gasteiger partial charge in [0.05, 0.1) is 11.1 Å². The molecule has 9 aromatic carbocycles. The average Bonchev–Trinajstić information content (AvgIpc) is 3.29. The van der Waals surface area contributed by atoms with Crippen LogP contribution in [-0.2, 0) is 5.41 Å². The lowest BCUT2D eigenvalue weighted by Gasteiger charge is -2.43. The summed E-state index contributed by atoms with van der Waals surface area (Å²) >= 11 is 0. The van der Waals surface area contributed by atoms with Gasteiger partial charge in [0.15, 0.2) is 0 Å². The highest BCUT2D eigenvalue weighted by molar-refractivity contribution is 6.18. The Labute approximate surface area is 333 Å². The maximum Gasteiger partial charge on any atom is 0.145 e. The Hall–Kier alpha value is -7.29. The third-order valence-corrected chi connectivity index (χ3v) is 12.0. The Morgan fingerprint density at radius 3 is 1.77 bits per heavy atom. The Bertz CT molecular complexity index is 3000. The molecule has 2 atom stereocenters. The fourth-order valence-corrected chi connectivity index (χ4v) is 9.58. The molecule has 0 amide bonds. The molecule has 0 saturated carbocycles. The van der Waals surface area contributed by atoms with Gasteiger partial charge in [-0.05, 0) is 78.5 Å². The molecule has 2 nitrogen and oxygen atoms in total. The van der Waals surface area contributed by atoms with Crippen molar-refractivity contribution in [3.63, 3.8) is 0 Å². The first-order valence-electron chi connectivity index (χ1n) is 19.7. The van der Waals surface area contributed by atoms with Crippen LogP contribution in [0.25, 0.3) is 44.2 Å². The van der Waals surface area contributed by atoms with E-state index in [9.17, 15) is 0 Å². The van der Waals surface area contributed by atoms with Gasteiger partial charge in [-0.1, -0.05) is 206 Å². The van der Waals surface area contributed by atoms with Crippen LogP contribution in [-0.4, -0.2) is 5.71 Å². The van der Waals surface area contributed by atoms with Gasteiger partial charge in [0.25, 0.3) is 0 Å². The standard InChI is InChI=1S/C55H38N2/c1-3-19-38(20-4-1)52-45-29-17-32-50(52)55(41-22-5-2-6-23-41,48-30-14-11-26-44(48)42-24-9-10-25-43(42)45)49-31-15-12-27-46(49)54-56-51-33-16-13-28-47(51)53(57-54)40-35-34-37-18-7-8-21-39(37)36-40/h1-36,54,56H. The summed E-state index contributed by atoms with van der Waals surface area (Å²) in [5, 5.41) is 6.35. The summed E-state index contributed by atoms with van der Waals surface area (Å²) < 4.78 is 0. The van der Waals surface area contributed by atoms with Crippen LogP contribution in [0.4, 0.5) is 5.69 Å². The second-order valence-electron chi connectivity index (χ2n) is 15.0. The van der Waals surface area contributed by atoms with Crippen LogP contribution in [0, 0.1) is 0 Å². The number of rotatable bonds is 5. The van der Waals surface area contributed by atoms with Crippen LogP contribution in [0.15, 0.2) is 223 Å². The van der Waals surface area contributed by atoms with Crippen LogP contribution in [0.5, 0.6) is 0 Å². The molecule has 268 valence electrons. The van der Waals surface area contributed by atoms with Gasteiger partial charge in [-0.15, -0.1) is 0 Å². The van der Waals surface area contributed by atoms with Crippen molar-refractivity contribution in [2.75, 3.05) is 5.32 Å². The summed E-state index contributed by atoms with van der Waals surface area (Å²) in [6, 6.07) is 79.9. The number of aliphatic imine (C=N–C) groups is 1. The molecule has 2 aliphatic rings. The first kappa shape index (κ1) is 33.1. The largest absolute Gasteiger partial charge is 0.359 e. The Morgan fingerprint density at radius 1 is 0.386 bits per heavy atom. The SMILES string of the molecule is c1ccc(-c2c3cccc2C(c2ccccc2)(c2ccccc2C2N=C(c4ccc5ccccc5c4)c4ccccc4N2)c2ccccc2-c2ccccc2-3)cc1. The van der Waals surface area contributed by atoms with Crippen LogP contribution in [0.2, 0.25) is 0 Å². The maximum atomic E-state index is 5.70. The van der Waals surface area contributed by atoms with Gasteiger partial charge in [0.1, 0.15) is 6.17 Å². The van der Waals surface area contributed by atoms with Gasteiger partial charge in [0, 0.05) is 22.4 Å². The topological polar surface area (TPSA) is 24.4 Å². The summed E-state index contributed by atoms with van der Waals surface area (Å²) in [4.78, 5) is 5.70. The van der Waals surface area contributed by atoms with Gasteiger partial charge in [-0.25, -0.2) is 0 Å². The molecule has 11 rings (SSSR count). The molecule has 2 heteroatoms. The number of nitrogens with zero attached hydrogens (tertiary/aromatic N) is 1. The summed E-state index contributed by atoms with van der Waals surface area (Å²) in [7, 11) is 0. The predicted octanol–water partition coefficient (Wildman–Crippen LogP) is 13.5. The molecule has 57 heavy (non-hydrogen) atoms. The monoisotopic (exact) mass is 726 g/mol. The highest BCUT2D eigenvalue weighted by atomic mass is 15.1. The second kappa shape index (κ2) is 13.5. The molecule has 1 aliphatic carbocycles. The summed E-state index contributed by atoms with van der Waals surface area (Å²) in [6.07, 6.45) is -0.369. The first-order valence-corrected chi connectivity index (χ1v) is 19.7. The minimum atomic E-state index is -0.750. The lowest BCUT2D eigenvalue weighted by Crippen LogP contribution is -2.35. The van der Waals surface area contributed by atoms with Gasteiger partial charge in [0.2, 0.25) is 0 Å². The maximum absolute atomic E-state index is 5.70. The Morgan fingerprint density at radius 2 is 0.965 bits per heavy atom. The number of fused-ring (bicyclic) bond motifs is 8. The van der Waals surface area contributed by atoms with E-state index in [1.807, 2.05) is 0 Å². The molecular weight excluding hydrogens is 689 g/mol. The van der Waals surface area contributed by atoms with Gasteiger partial charge >= 0.3 is 0 Å². The number of hydrogen-bond donors (Lipinski definition) is 1. The molecule has 0 fully saturated rings. The lowest BCUT2D eigenvalue weighted by molar-refractivity contribution is 0.710. The van der Waals surface area contributed by atoms with Crippen molar-refractivity contribution < 1.29 is 0 Å². The van der Waals surface area contributed by atoms with Crippen molar-refractivity contribution in [3.8, 4) is 33.4 Å². The van der Waals surface area contributed by atoms with E-state index in [0.717, 1.165) is 28.1 Å². The molecule has 2 unspecified atom stereocenters. The van der Waals surface area contributed by atoms with Crippen LogP contribution >= 0.6 is 0 Å². The minimum absolute atomic E-state index is 0.369. The zero-order valence-electron chi connectivity index (χ0n) is 31.3. The van der Waals surface area contributed by atoms with E-state index in [-0.39, 0.29) is 6.17 Å². The fraction of sp³-hybridized carbons (Fsp3) is 0.0364. The molecule has 2 bridgehead atoms. The van der Waals surface area contributed by atoms with Crippen molar-refractivity contribution in [2.45, 2.75) is 11.6 Å². The number of anilines is 1. The van der Waals surface area contributed by atoms with E-state index in [2.05, 4.69) is 224 Å². The fourth-order valence-electron chi connectivity index (χ4n) is 9.58. The third kappa shape index (κ3) is 5.22. The first-order chi connectivity index (χ1) is 28.3. The van der Waals surface area contributed by atoms with Crippen LogP contribution < -0.4 is 5.32 Å². The molecule has 0 spiro atoms. The van der Waals surface area contributed by atoms with E-state index in [0.29, 0.717) is 0 Å². The molecule has 9 aromatic rings.